The van der Waals surface area contributed by atoms with Gasteiger partial charge in [-0.25, -0.2) is 18.2 Å². The first kappa shape index (κ1) is 18.9. The molecule has 0 saturated heterocycles. The number of nitrogens with one attached hydrogen (secondary N) is 1. The molecular formula is C16H15ClN2O5S. The minimum Gasteiger partial charge on any atom is -0.452 e. The molecule has 0 fully saturated rings. The molecule has 2 aromatic rings. The summed E-state index contributed by atoms with van der Waals surface area (Å²) in [5.74, 6) is -1.41. The molecule has 9 heteroatoms. The molecule has 2 rings (SSSR count). The number of aromatic nitrogens is 1. The fraction of sp³-hybridized carbons (Fsp3) is 0.188. The highest BCUT2D eigenvalue weighted by molar-refractivity contribution is 7.91. The van der Waals surface area contributed by atoms with Crippen LogP contribution in [-0.2, 0) is 19.4 Å². The van der Waals surface area contributed by atoms with Gasteiger partial charge >= 0.3 is 5.97 Å². The lowest BCUT2D eigenvalue weighted by molar-refractivity contribution is -0.119. The Hall–Kier alpha value is -2.45. The topological polar surface area (TPSA) is 102 Å². The second-order valence-corrected chi connectivity index (χ2v) is 7.57. The van der Waals surface area contributed by atoms with Gasteiger partial charge in [0.25, 0.3) is 5.91 Å². The fourth-order valence-corrected chi connectivity index (χ4v) is 3.09. The second-order valence-electron chi connectivity index (χ2n) is 4.89. The number of hydrogen-bond acceptors (Lipinski definition) is 6. The van der Waals surface area contributed by atoms with Crippen molar-refractivity contribution in [2.75, 3.05) is 17.7 Å². The van der Waals surface area contributed by atoms with Gasteiger partial charge in [0, 0.05) is 6.20 Å². The zero-order valence-electron chi connectivity index (χ0n) is 13.2. The third-order valence-electron chi connectivity index (χ3n) is 3.15. The second kappa shape index (κ2) is 8.09. The Labute approximate surface area is 149 Å². The number of hydrogen-bond donors (Lipinski definition) is 1. The van der Waals surface area contributed by atoms with Crippen LogP contribution in [0.5, 0.6) is 0 Å². The number of esters is 1. The van der Waals surface area contributed by atoms with E-state index in [0.29, 0.717) is 5.02 Å². The van der Waals surface area contributed by atoms with Crippen molar-refractivity contribution in [1.82, 2.24) is 4.98 Å². The molecule has 0 aliphatic rings. The summed E-state index contributed by atoms with van der Waals surface area (Å²) in [4.78, 5) is 27.7. The molecule has 0 aliphatic heterocycles. The average Bonchev–Trinajstić information content (AvgIpc) is 2.61. The van der Waals surface area contributed by atoms with Gasteiger partial charge in [0.1, 0.15) is 5.82 Å². The van der Waals surface area contributed by atoms with Crippen LogP contribution in [0.4, 0.5) is 5.82 Å². The molecule has 7 nitrogen and oxygen atoms in total. The number of rotatable bonds is 6. The molecule has 132 valence electrons. The Morgan fingerprint density at radius 2 is 1.92 bits per heavy atom. The van der Waals surface area contributed by atoms with Gasteiger partial charge in [0.2, 0.25) is 0 Å². The summed E-state index contributed by atoms with van der Waals surface area (Å²) in [5, 5.41) is 2.84. The number of nitrogens with zero attached hydrogens (tertiary/aromatic N) is 1. The third kappa shape index (κ3) is 5.01. The quantitative estimate of drug-likeness (QED) is 0.769. The van der Waals surface area contributed by atoms with Crippen LogP contribution in [0.3, 0.4) is 0 Å². The highest BCUT2D eigenvalue weighted by Gasteiger charge is 2.22. The summed E-state index contributed by atoms with van der Waals surface area (Å²) in [6, 6.07) is 8.73. The van der Waals surface area contributed by atoms with Gasteiger partial charge in [-0.1, -0.05) is 30.7 Å². The summed E-state index contributed by atoms with van der Waals surface area (Å²) in [6.45, 7) is 0.896. The number of halogens is 1. The van der Waals surface area contributed by atoms with E-state index in [9.17, 15) is 18.0 Å². The van der Waals surface area contributed by atoms with E-state index in [1.165, 1.54) is 43.5 Å². The molecule has 1 aromatic heterocycles. The van der Waals surface area contributed by atoms with Crippen LogP contribution < -0.4 is 5.32 Å². The molecule has 0 radical (unpaired) electrons. The Bertz CT molecular complexity index is 882. The SMILES string of the molecule is CCS(=O)(=O)c1ccccc1C(=O)OCC(=O)Nc1ccc(Cl)cn1. The molecule has 1 amide bonds. The van der Waals surface area contributed by atoms with E-state index in [0.717, 1.165) is 0 Å². The highest BCUT2D eigenvalue weighted by atomic mass is 35.5. The van der Waals surface area contributed by atoms with Gasteiger partial charge in [-0.2, -0.15) is 0 Å². The zero-order valence-corrected chi connectivity index (χ0v) is 14.8. The minimum atomic E-state index is -3.59. The molecule has 1 N–H and O–H groups in total. The van der Waals surface area contributed by atoms with E-state index in [4.69, 9.17) is 16.3 Å². The van der Waals surface area contributed by atoms with Crippen molar-refractivity contribution in [3.63, 3.8) is 0 Å². The molecule has 1 aromatic carbocycles. The minimum absolute atomic E-state index is 0.109. The molecule has 1 heterocycles. The number of carbonyl (C=O) groups excluding carboxylic acids is 2. The monoisotopic (exact) mass is 382 g/mol. The lowest BCUT2D eigenvalue weighted by Gasteiger charge is -2.09. The number of amides is 1. The van der Waals surface area contributed by atoms with E-state index in [2.05, 4.69) is 10.3 Å². The van der Waals surface area contributed by atoms with Crippen LogP contribution in [0.2, 0.25) is 5.02 Å². The van der Waals surface area contributed by atoms with E-state index in [1.54, 1.807) is 6.07 Å². The van der Waals surface area contributed by atoms with Crippen LogP contribution in [-0.4, -0.2) is 37.6 Å². The van der Waals surface area contributed by atoms with Crippen molar-refractivity contribution in [3.05, 3.63) is 53.2 Å². The number of benzene rings is 1. The first-order valence-electron chi connectivity index (χ1n) is 7.24. The lowest BCUT2D eigenvalue weighted by atomic mass is 10.2. The summed E-state index contributed by atoms with van der Waals surface area (Å²) in [6.07, 6.45) is 1.36. The Balaban J connectivity index is 2.03. The number of ether oxygens (including phenoxy) is 1. The Morgan fingerprint density at radius 1 is 1.20 bits per heavy atom. The van der Waals surface area contributed by atoms with E-state index >= 15 is 0 Å². The lowest BCUT2D eigenvalue weighted by Crippen LogP contribution is -2.22. The van der Waals surface area contributed by atoms with Crippen molar-refractivity contribution < 1.29 is 22.7 Å². The highest BCUT2D eigenvalue weighted by Crippen LogP contribution is 2.18. The van der Waals surface area contributed by atoms with Crippen molar-refractivity contribution in [2.24, 2.45) is 0 Å². The Morgan fingerprint density at radius 3 is 2.56 bits per heavy atom. The fourth-order valence-electron chi connectivity index (χ4n) is 1.90. The normalized spacial score (nSPS) is 11.0. The van der Waals surface area contributed by atoms with E-state index in [1.807, 2.05) is 0 Å². The van der Waals surface area contributed by atoms with Crippen molar-refractivity contribution in [1.29, 1.82) is 0 Å². The third-order valence-corrected chi connectivity index (χ3v) is 5.16. The molecule has 0 bridgehead atoms. The predicted molar refractivity (Wildman–Crippen MR) is 92.3 cm³/mol. The molecule has 0 saturated carbocycles. The molecular weight excluding hydrogens is 368 g/mol. The maximum absolute atomic E-state index is 12.1. The van der Waals surface area contributed by atoms with Crippen LogP contribution in [0.1, 0.15) is 17.3 Å². The number of sulfone groups is 1. The average molecular weight is 383 g/mol. The predicted octanol–water partition coefficient (Wildman–Crippen LogP) is 2.32. The maximum atomic E-state index is 12.1. The van der Waals surface area contributed by atoms with Crippen LogP contribution in [0.15, 0.2) is 47.5 Å². The van der Waals surface area contributed by atoms with E-state index < -0.39 is 28.3 Å². The largest absolute Gasteiger partial charge is 0.452 e. The molecule has 0 atom stereocenters. The number of carbonyl (C=O) groups is 2. The first-order valence-corrected chi connectivity index (χ1v) is 9.27. The van der Waals surface area contributed by atoms with E-state index in [-0.39, 0.29) is 22.0 Å². The van der Waals surface area contributed by atoms with Gasteiger partial charge in [-0.05, 0) is 24.3 Å². The first-order chi connectivity index (χ1) is 11.8. The summed E-state index contributed by atoms with van der Waals surface area (Å²) in [7, 11) is -3.59. The Kier molecular flexibility index (Phi) is 6.11. The van der Waals surface area contributed by atoms with Gasteiger partial charge < -0.3 is 10.1 Å². The van der Waals surface area contributed by atoms with Gasteiger partial charge in [-0.15, -0.1) is 0 Å². The molecule has 0 unspecified atom stereocenters. The zero-order chi connectivity index (χ0) is 18.4. The van der Waals surface area contributed by atoms with Crippen LogP contribution in [0.25, 0.3) is 0 Å². The molecule has 0 spiro atoms. The smallest absolute Gasteiger partial charge is 0.339 e. The standard InChI is InChI=1S/C16H15ClN2O5S/c1-2-25(22,23)13-6-4-3-5-12(13)16(21)24-10-15(20)19-14-8-7-11(17)9-18-14/h3-9H,2,10H2,1H3,(H,18,19,20). The van der Waals surface area contributed by atoms with Gasteiger partial charge in [0.05, 0.1) is 21.2 Å². The van der Waals surface area contributed by atoms with Crippen molar-refractivity contribution in [2.45, 2.75) is 11.8 Å². The summed E-state index contributed by atoms with van der Waals surface area (Å²) >= 11 is 5.69. The number of pyridine rings is 1. The van der Waals surface area contributed by atoms with Crippen molar-refractivity contribution in [3.8, 4) is 0 Å². The molecule has 0 aliphatic carbocycles. The number of anilines is 1. The maximum Gasteiger partial charge on any atom is 0.339 e. The van der Waals surface area contributed by atoms with Crippen molar-refractivity contribution >= 4 is 39.1 Å². The summed E-state index contributed by atoms with van der Waals surface area (Å²) < 4.78 is 29.0. The molecule has 25 heavy (non-hydrogen) atoms. The summed E-state index contributed by atoms with van der Waals surface area (Å²) in [5.41, 5.74) is -0.109. The van der Waals surface area contributed by atoms with Gasteiger partial charge in [-0.3, -0.25) is 4.79 Å². The van der Waals surface area contributed by atoms with Crippen LogP contribution >= 0.6 is 11.6 Å². The van der Waals surface area contributed by atoms with Gasteiger partial charge in [0.15, 0.2) is 16.4 Å². The van der Waals surface area contributed by atoms with Crippen LogP contribution in [0, 0.1) is 0 Å².